The summed E-state index contributed by atoms with van der Waals surface area (Å²) >= 11 is 2.96. The van der Waals surface area contributed by atoms with Gasteiger partial charge in [-0.05, 0) is 0 Å². The standard InChI is InChI=1S/C9H7BrF3NO2/c10-2-4-3-14-8(9(12)13)5(7(4)11)1-6(15)16/h3,9H,1-2H2,(H,15,16). The average molecular weight is 298 g/mol. The van der Waals surface area contributed by atoms with Gasteiger partial charge in [0.1, 0.15) is 11.5 Å². The predicted octanol–water partition coefficient (Wildman–Crippen LogP) is 2.68. The van der Waals surface area contributed by atoms with Crippen LogP contribution in [0.15, 0.2) is 6.20 Å². The second-order valence-corrected chi connectivity index (χ2v) is 3.53. The number of carbonyl (C=O) groups is 1. The summed E-state index contributed by atoms with van der Waals surface area (Å²) in [5.41, 5.74) is -1.32. The third kappa shape index (κ3) is 2.72. The minimum Gasteiger partial charge on any atom is -0.481 e. The van der Waals surface area contributed by atoms with Crippen molar-refractivity contribution in [1.29, 1.82) is 0 Å². The molecule has 3 nitrogen and oxygen atoms in total. The molecular weight excluding hydrogens is 291 g/mol. The van der Waals surface area contributed by atoms with E-state index in [1.54, 1.807) is 0 Å². The van der Waals surface area contributed by atoms with Crippen molar-refractivity contribution in [2.75, 3.05) is 0 Å². The van der Waals surface area contributed by atoms with Gasteiger partial charge in [-0.25, -0.2) is 13.2 Å². The van der Waals surface area contributed by atoms with Crippen molar-refractivity contribution in [3.8, 4) is 0 Å². The van der Waals surface area contributed by atoms with E-state index >= 15 is 0 Å². The van der Waals surface area contributed by atoms with Gasteiger partial charge in [0.15, 0.2) is 0 Å². The van der Waals surface area contributed by atoms with Crippen LogP contribution < -0.4 is 0 Å². The van der Waals surface area contributed by atoms with Gasteiger partial charge in [-0.2, -0.15) is 0 Å². The van der Waals surface area contributed by atoms with Crippen LogP contribution in [0.25, 0.3) is 0 Å². The van der Waals surface area contributed by atoms with E-state index in [0.717, 1.165) is 6.20 Å². The van der Waals surface area contributed by atoms with Crippen molar-refractivity contribution < 1.29 is 23.1 Å². The third-order valence-corrected chi connectivity index (χ3v) is 2.50. The van der Waals surface area contributed by atoms with Crippen LogP contribution in [-0.2, 0) is 16.5 Å². The molecule has 0 unspecified atom stereocenters. The van der Waals surface area contributed by atoms with Crippen LogP contribution in [0.4, 0.5) is 13.2 Å². The monoisotopic (exact) mass is 297 g/mol. The van der Waals surface area contributed by atoms with E-state index in [-0.39, 0.29) is 10.9 Å². The molecule has 1 rings (SSSR count). The molecule has 0 aliphatic carbocycles. The van der Waals surface area contributed by atoms with E-state index in [4.69, 9.17) is 5.11 Å². The molecule has 0 radical (unpaired) electrons. The maximum atomic E-state index is 13.6. The van der Waals surface area contributed by atoms with Gasteiger partial charge in [-0.15, -0.1) is 0 Å². The van der Waals surface area contributed by atoms with Crippen molar-refractivity contribution in [2.45, 2.75) is 18.2 Å². The number of nitrogens with zero attached hydrogens (tertiary/aromatic N) is 1. The number of alkyl halides is 3. The fourth-order valence-corrected chi connectivity index (χ4v) is 1.58. The molecule has 0 aliphatic heterocycles. The molecule has 1 aromatic heterocycles. The van der Waals surface area contributed by atoms with E-state index in [0.29, 0.717) is 0 Å². The normalized spacial score (nSPS) is 10.8. The molecule has 0 fully saturated rings. The van der Waals surface area contributed by atoms with Crippen molar-refractivity contribution in [2.24, 2.45) is 0 Å². The van der Waals surface area contributed by atoms with Gasteiger partial charge in [0.2, 0.25) is 0 Å². The SMILES string of the molecule is O=C(O)Cc1c(C(F)F)ncc(CBr)c1F. The van der Waals surface area contributed by atoms with Gasteiger partial charge in [-0.3, -0.25) is 9.78 Å². The largest absolute Gasteiger partial charge is 0.481 e. The topological polar surface area (TPSA) is 50.2 Å². The highest BCUT2D eigenvalue weighted by Crippen LogP contribution is 2.25. The summed E-state index contributed by atoms with van der Waals surface area (Å²) in [6, 6.07) is 0. The summed E-state index contributed by atoms with van der Waals surface area (Å²) in [7, 11) is 0. The Morgan fingerprint density at radius 3 is 2.62 bits per heavy atom. The Bertz CT molecular complexity index is 412. The van der Waals surface area contributed by atoms with Gasteiger partial charge in [0, 0.05) is 22.7 Å². The molecule has 0 saturated carbocycles. The summed E-state index contributed by atoms with van der Waals surface area (Å²) in [6.07, 6.45) is -2.83. The Balaban J connectivity index is 3.30. The number of hydrogen-bond acceptors (Lipinski definition) is 2. The Kier molecular flexibility index (Phi) is 4.28. The molecule has 1 N–H and O–H groups in total. The molecule has 0 aromatic carbocycles. The molecule has 0 amide bonds. The van der Waals surface area contributed by atoms with Crippen molar-refractivity contribution in [3.05, 3.63) is 28.8 Å². The van der Waals surface area contributed by atoms with Gasteiger partial charge in [-0.1, -0.05) is 15.9 Å². The minimum absolute atomic E-state index is 0.0562. The lowest BCUT2D eigenvalue weighted by atomic mass is 10.1. The van der Waals surface area contributed by atoms with Crippen molar-refractivity contribution >= 4 is 21.9 Å². The van der Waals surface area contributed by atoms with E-state index < -0.39 is 35.9 Å². The highest BCUT2D eigenvalue weighted by Gasteiger charge is 2.22. The van der Waals surface area contributed by atoms with Crippen LogP contribution in [0, 0.1) is 5.82 Å². The molecule has 0 atom stereocenters. The molecule has 0 bridgehead atoms. The summed E-state index contributed by atoms with van der Waals surface area (Å²) in [6.45, 7) is 0. The van der Waals surface area contributed by atoms with E-state index in [2.05, 4.69) is 20.9 Å². The highest BCUT2D eigenvalue weighted by atomic mass is 79.9. The van der Waals surface area contributed by atoms with Crippen molar-refractivity contribution in [3.63, 3.8) is 0 Å². The maximum absolute atomic E-state index is 13.6. The van der Waals surface area contributed by atoms with Crippen LogP contribution in [0.1, 0.15) is 23.2 Å². The summed E-state index contributed by atoms with van der Waals surface area (Å²) in [4.78, 5) is 13.8. The molecule has 0 aliphatic rings. The second kappa shape index (κ2) is 5.29. The molecular formula is C9H7BrF3NO2. The zero-order chi connectivity index (χ0) is 12.3. The first kappa shape index (κ1) is 13.0. The van der Waals surface area contributed by atoms with Crippen LogP contribution in [0.2, 0.25) is 0 Å². The highest BCUT2D eigenvalue weighted by molar-refractivity contribution is 9.08. The number of halogens is 4. The molecule has 0 saturated heterocycles. The third-order valence-electron chi connectivity index (χ3n) is 1.89. The predicted molar refractivity (Wildman–Crippen MR) is 53.1 cm³/mol. The first-order chi connectivity index (χ1) is 7.47. The van der Waals surface area contributed by atoms with Crippen molar-refractivity contribution in [1.82, 2.24) is 4.98 Å². The van der Waals surface area contributed by atoms with Gasteiger partial charge < -0.3 is 5.11 Å². The lowest BCUT2D eigenvalue weighted by Gasteiger charge is -2.09. The average Bonchev–Trinajstić information content (AvgIpc) is 2.19. The fourth-order valence-electron chi connectivity index (χ4n) is 1.19. The molecule has 16 heavy (non-hydrogen) atoms. The van der Waals surface area contributed by atoms with Crippen LogP contribution >= 0.6 is 15.9 Å². The fraction of sp³-hybridized carbons (Fsp3) is 0.333. The number of carboxylic acids is 1. The first-order valence-corrected chi connectivity index (χ1v) is 5.31. The maximum Gasteiger partial charge on any atom is 0.308 e. The molecule has 1 heterocycles. The number of aliphatic carboxylic acids is 1. The van der Waals surface area contributed by atoms with Crippen LogP contribution in [0.5, 0.6) is 0 Å². The minimum atomic E-state index is -2.99. The smallest absolute Gasteiger partial charge is 0.308 e. The lowest BCUT2D eigenvalue weighted by Crippen LogP contribution is -2.10. The summed E-state index contributed by atoms with van der Waals surface area (Å²) in [5, 5.41) is 8.60. The van der Waals surface area contributed by atoms with Gasteiger partial charge in [0.25, 0.3) is 6.43 Å². The number of pyridine rings is 1. The zero-order valence-corrected chi connectivity index (χ0v) is 9.47. The Hall–Kier alpha value is -1.11. The Morgan fingerprint density at radius 2 is 2.19 bits per heavy atom. The van der Waals surface area contributed by atoms with Crippen LogP contribution in [-0.4, -0.2) is 16.1 Å². The number of carboxylic acid groups (broad SMARTS) is 1. The summed E-state index contributed by atoms with van der Waals surface area (Å²) in [5.74, 6) is -2.32. The Labute approximate surface area is 97.4 Å². The number of aromatic nitrogens is 1. The molecule has 88 valence electrons. The Morgan fingerprint density at radius 1 is 1.56 bits per heavy atom. The second-order valence-electron chi connectivity index (χ2n) is 2.97. The quantitative estimate of drug-likeness (QED) is 0.869. The van der Waals surface area contributed by atoms with Crippen LogP contribution in [0.3, 0.4) is 0 Å². The zero-order valence-electron chi connectivity index (χ0n) is 7.88. The number of hydrogen-bond donors (Lipinski definition) is 1. The van der Waals surface area contributed by atoms with E-state index in [9.17, 15) is 18.0 Å². The van der Waals surface area contributed by atoms with Gasteiger partial charge >= 0.3 is 5.97 Å². The first-order valence-electron chi connectivity index (χ1n) is 4.19. The molecule has 7 heteroatoms. The van der Waals surface area contributed by atoms with E-state index in [1.165, 1.54) is 0 Å². The van der Waals surface area contributed by atoms with Gasteiger partial charge in [0.05, 0.1) is 6.42 Å². The molecule has 0 spiro atoms. The number of rotatable bonds is 4. The van der Waals surface area contributed by atoms with E-state index in [1.807, 2.05) is 0 Å². The molecule has 1 aromatic rings. The summed E-state index contributed by atoms with van der Waals surface area (Å²) < 4.78 is 38.5. The lowest BCUT2D eigenvalue weighted by molar-refractivity contribution is -0.136.